The number of nitrogens with one attached hydrogen (secondary N) is 2. The number of hydrogen-bond donors (Lipinski definition) is 2. The maximum absolute atomic E-state index is 13.2. The van der Waals surface area contributed by atoms with E-state index < -0.39 is 0 Å². The van der Waals surface area contributed by atoms with Gasteiger partial charge in [-0.25, -0.2) is 0 Å². The molecule has 0 saturated carbocycles. The molecular weight excluding hydrogens is 482 g/mol. The van der Waals surface area contributed by atoms with E-state index in [4.69, 9.17) is 9.47 Å². The van der Waals surface area contributed by atoms with Crippen LogP contribution in [0, 0.1) is 5.92 Å². The van der Waals surface area contributed by atoms with Crippen molar-refractivity contribution in [3.05, 3.63) is 59.0 Å². The van der Waals surface area contributed by atoms with Gasteiger partial charge in [-0.05, 0) is 85.9 Å². The van der Waals surface area contributed by atoms with Crippen molar-refractivity contribution in [2.45, 2.75) is 44.4 Å². The van der Waals surface area contributed by atoms with Crippen molar-refractivity contribution < 1.29 is 14.3 Å². The summed E-state index contributed by atoms with van der Waals surface area (Å²) in [7, 11) is 0. The Balaban J connectivity index is 1.17. The molecule has 2 aromatic carbocycles. The highest BCUT2D eigenvalue weighted by Gasteiger charge is 2.35. The van der Waals surface area contributed by atoms with E-state index in [2.05, 4.69) is 64.1 Å². The van der Waals surface area contributed by atoms with E-state index >= 15 is 0 Å². The highest BCUT2D eigenvalue weighted by Crippen LogP contribution is 2.38. The van der Waals surface area contributed by atoms with Crippen molar-refractivity contribution in [2.24, 2.45) is 5.92 Å². The highest BCUT2D eigenvalue weighted by molar-refractivity contribution is 7.21. The first kappa shape index (κ1) is 25.0. The van der Waals surface area contributed by atoms with Crippen LogP contribution in [0.2, 0.25) is 0 Å². The summed E-state index contributed by atoms with van der Waals surface area (Å²) in [5, 5.41) is 8.11. The van der Waals surface area contributed by atoms with Crippen LogP contribution in [0.25, 0.3) is 21.2 Å². The van der Waals surface area contributed by atoms with Crippen LogP contribution in [0.4, 0.5) is 0 Å². The summed E-state index contributed by atoms with van der Waals surface area (Å²) in [6, 6.07) is 17.7. The molecule has 0 aliphatic carbocycles. The van der Waals surface area contributed by atoms with Crippen molar-refractivity contribution in [1.82, 2.24) is 15.5 Å². The molecule has 2 bridgehead atoms. The van der Waals surface area contributed by atoms with E-state index in [1.54, 1.807) is 11.3 Å². The van der Waals surface area contributed by atoms with Crippen LogP contribution in [0.3, 0.4) is 0 Å². The maximum atomic E-state index is 13.2. The molecular formula is C30H37N3O3S. The number of fused-ring (bicyclic) bond motifs is 4. The average Bonchev–Trinajstić information content (AvgIpc) is 3.36. The first-order chi connectivity index (χ1) is 18.2. The lowest BCUT2D eigenvalue weighted by atomic mass is 9.84. The Morgan fingerprint density at radius 1 is 1.14 bits per heavy atom. The minimum atomic E-state index is 0.0671. The van der Waals surface area contributed by atoms with Crippen LogP contribution < -0.4 is 10.6 Å². The zero-order chi connectivity index (χ0) is 25.2. The molecule has 4 saturated heterocycles. The Kier molecular flexibility index (Phi) is 7.58. The van der Waals surface area contributed by atoms with Crippen LogP contribution in [0.5, 0.6) is 0 Å². The number of amides is 1. The lowest BCUT2D eigenvalue weighted by Gasteiger charge is -2.44. The second-order valence-electron chi connectivity index (χ2n) is 10.5. The van der Waals surface area contributed by atoms with Crippen molar-refractivity contribution >= 4 is 27.3 Å². The Morgan fingerprint density at radius 2 is 2.00 bits per heavy atom. The minimum absolute atomic E-state index is 0.0671. The smallest absolute Gasteiger partial charge is 0.261 e. The summed E-state index contributed by atoms with van der Waals surface area (Å²) >= 11 is 1.61. The quantitative estimate of drug-likeness (QED) is 0.375. The first-order valence-electron chi connectivity index (χ1n) is 13.8. The third kappa shape index (κ3) is 5.33. The normalized spacial score (nSPS) is 26.8. The Hall–Kier alpha value is -2.29. The molecule has 2 N–H and O–H groups in total. The monoisotopic (exact) mass is 519 g/mol. The molecule has 4 aliphatic heterocycles. The molecule has 7 rings (SSSR count). The third-order valence-corrected chi connectivity index (χ3v) is 9.35. The Morgan fingerprint density at radius 3 is 2.76 bits per heavy atom. The van der Waals surface area contributed by atoms with E-state index in [-0.39, 0.29) is 18.1 Å². The van der Waals surface area contributed by atoms with Crippen LogP contribution in [-0.4, -0.2) is 68.9 Å². The van der Waals surface area contributed by atoms with E-state index in [1.165, 1.54) is 47.3 Å². The van der Waals surface area contributed by atoms with Crippen LogP contribution in [0.15, 0.2) is 48.5 Å². The van der Waals surface area contributed by atoms with E-state index in [0.29, 0.717) is 12.0 Å². The molecule has 7 heteroatoms. The summed E-state index contributed by atoms with van der Waals surface area (Å²) < 4.78 is 12.6. The van der Waals surface area contributed by atoms with Gasteiger partial charge in [0, 0.05) is 30.5 Å². The molecule has 3 atom stereocenters. The van der Waals surface area contributed by atoms with Gasteiger partial charge >= 0.3 is 0 Å². The number of ether oxygens (including phenoxy) is 2. The Bertz CT molecular complexity index is 1240. The van der Waals surface area contributed by atoms with E-state index in [9.17, 15) is 4.79 Å². The number of benzene rings is 2. The lowest BCUT2D eigenvalue weighted by molar-refractivity contribution is -0.0900. The number of piperidine rings is 3. The second kappa shape index (κ2) is 11.2. The van der Waals surface area contributed by atoms with Gasteiger partial charge < -0.3 is 25.0 Å². The number of nitrogens with zero attached hydrogens (tertiary/aromatic N) is 1. The van der Waals surface area contributed by atoms with Crippen LogP contribution >= 0.6 is 11.3 Å². The van der Waals surface area contributed by atoms with Crippen LogP contribution in [-0.2, 0) is 9.47 Å². The third-order valence-electron chi connectivity index (χ3n) is 8.16. The van der Waals surface area contributed by atoms with Gasteiger partial charge in [-0.2, -0.15) is 0 Å². The van der Waals surface area contributed by atoms with Crippen LogP contribution in [0.1, 0.15) is 47.5 Å². The average molecular weight is 520 g/mol. The molecule has 6 nitrogen and oxygen atoms in total. The molecule has 4 fully saturated rings. The van der Waals surface area contributed by atoms with Crippen molar-refractivity contribution in [3.63, 3.8) is 0 Å². The number of carbonyl (C=O) groups is 1. The molecule has 37 heavy (non-hydrogen) atoms. The zero-order valence-electron chi connectivity index (χ0n) is 21.6. The molecule has 5 heterocycles. The van der Waals surface area contributed by atoms with Crippen molar-refractivity contribution in [2.75, 3.05) is 46.0 Å². The van der Waals surface area contributed by atoms with Crippen molar-refractivity contribution in [1.29, 1.82) is 0 Å². The maximum Gasteiger partial charge on any atom is 0.261 e. The van der Waals surface area contributed by atoms with Gasteiger partial charge in [0.1, 0.15) is 6.10 Å². The van der Waals surface area contributed by atoms with E-state index in [0.717, 1.165) is 49.6 Å². The number of thiophene rings is 1. The minimum Gasteiger partial charge on any atom is -0.382 e. The van der Waals surface area contributed by atoms with Gasteiger partial charge in [0.15, 0.2) is 0 Å². The standard InChI is InChI=1S/C30H37N3O3S/c1-2-35-15-5-12-31-26-19-36-28(26)22-7-3-6-21(16-22)24-9-4-8-23-17-27(37-29(23)24)30(34)32-25-18-33-13-10-20(25)11-14-33/h3-4,6-9,16-17,20,25-26,28,31H,2,5,10-15,18-19H2,1H3,(H,32,34)/t25-,26?,28?/m0/s1. The fourth-order valence-electron chi connectivity index (χ4n) is 6.04. The predicted octanol–water partition coefficient (Wildman–Crippen LogP) is 4.85. The van der Waals surface area contributed by atoms with Gasteiger partial charge in [0.2, 0.25) is 0 Å². The lowest BCUT2D eigenvalue weighted by Crippen LogP contribution is -2.57. The summed E-state index contributed by atoms with van der Waals surface area (Å²) in [4.78, 5) is 16.5. The number of rotatable bonds is 10. The fraction of sp³-hybridized carbons (Fsp3) is 0.500. The summed E-state index contributed by atoms with van der Waals surface area (Å²) in [6.45, 7) is 8.61. The summed E-state index contributed by atoms with van der Waals surface area (Å²) in [5.74, 6) is 0.694. The molecule has 1 amide bonds. The molecule has 0 spiro atoms. The second-order valence-corrected chi connectivity index (χ2v) is 11.6. The molecule has 196 valence electrons. The van der Waals surface area contributed by atoms with Gasteiger partial charge in [-0.1, -0.05) is 36.4 Å². The van der Waals surface area contributed by atoms with Crippen molar-refractivity contribution in [3.8, 4) is 11.1 Å². The van der Waals surface area contributed by atoms with Gasteiger partial charge in [0.25, 0.3) is 5.91 Å². The molecule has 2 unspecified atom stereocenters. The number of hydrogen-bond acceptors (Lipinski definition) is 6. The SMILES string of the molecule is CCOCCCNC1COC1c1cccc(-c2cccc3cc(C(=O)N[C@H]4CN5CCC4CC5)sc23)c1. The predicted molar refractivity (Wildman–Crippen MR) is 149 cm³/mol. The largest absolute Gasteiger partial charge is 0.382 e. The topological polar surface area (TPSA) is 62.8 Å². The molecule has 0 radical (unpaired) electrons. The van der Waals surface area contributed by atoms with E-state index in [1.807, 2.05) is 6.92 Å². The molecule has 1 aromatic heterocycles. The summed E-state index contributed by atoms with van der Waals surface area (Å²) in [5.41, 5.74) is 3.53. The molecule has 3 aromatic rings. The molecule has 4 aliphatic rings. The van der Waals surface area contributed by atoms with Gasteiger partial charge in [-0.3, -0.25) is 4.79 Å². The van der Waals surface area contributed by atoms with Gasteiger partial charge in [0.05, 0.1) is 17.5 Å². The zero-order valence-corrected chi connectivity index (χ0v) is 22.4. The number of carbonyl (C=O) groups excluding carboxylic acids is 1. The first-order valence-corrected chi connectivity index (χ1v) is 14.6. The Labute approximate surface area is 223 Å². The van der Waals surface area contributed by atoms with Gasteiger partial charge in [-0.15, -0.1) is 11.3 Å². The summed E-state index contributed by atoms with van der Waals surface area (Å²) in [6.07, 6.45) is 3.48. The fourth-order valence-corrected chi connectivity index (χ4v) is 7.14. The highest BCUT2D eigenvalue weighted by atomic mass is 32.1.